The molecule has 2 N–H and O–H groups in total. The third kappa shape index (κ3) is 7.63. The molecule has 1 aliphatic heterocycles. The van der Waals surface area contributed by atoms with Crippen molar-refractivity contribution in [3.63, 3.8) is 0 Å². The van der Waals surface area contributed by atoms with Gasteiger partial charge in [-0.1, -0.05) is 6.07 Å². The molecule has 0 radical (unpaired) electrons. The van der Waals surface area contributed by atoms with Gasteiger partial charge in [-0.15, -0.1) is 0 Å². The fourth-order valence-corrected chi connectivity index (χ4v) is 3.68. The summed E-state index contributed by atoms with van der Waals surface area (Å²) < 4.78 is 42.4. The molecule has 1 aromatic rings. The van der Waals surface area contributed by atoms with Crippen molar-refractivity contribution in [2.75, 3.05) is 49.8 Å². The van der Waals surface area contributed by atoms with E-state index in [4.69, 9.17) is 4.74 Å². The quantitative estimate of drug-likeness (QED) is 0.496. The maximum absolute atomic E-state index is 14.5. The number of nitrogens with zero attached hydrogens (tertiary/aromatic N) is 2. The number of rotatable bonds is 8. The minimum absolute atomic E-state index is 0.0482. The van der Waals surface area contributed by atoms with Crippen molar-refractivity contribution in [3.8, 4) is 0 Å². The van der Waals surface area contributed by atoms with Gasteiger partial charge in [0.25, 0.3) is 0 Å². The van der Waals surface area contributed by atoms with Crippen LogP contribution in [0.4, 0.5) is 10.1 Å². The third-order valence-corrected chi connectivity index (χ3v) is 5.41. The van der Waals surface area contributed by atoms with E-state index in [-0.39, 0.29) is 17.6 Å². The smallest absolute Gasteiger partial charge is 0.191 e. The van der Waals surface area contributed by atoms with E-state index in [2.05, 4.69) is 15.6 Å². The molecule has 1 unspecified atom stereocenters. The van der Waals surface area contributed by atoms with Crippen LogP contribution in [-0.2, 0) is 21.1 Å². The summed E-state index contributed by atoms with van der Waals surface area (Å²) in [4.78, 5) is 6.48. The van der Waals surface area contributed by atoms with Crippen molar-refractivity contribution in [1.82, 2.24) is 10.6 Å². The topological polar surface area (TPSA) is 83.0 Å². The fourth-order valence-electron chi connectivity index (χ4n) is 2.90. The van der Waals surface area contributed by atoms with Crippen LogP contribution in [0.3, 0.4) is 0 Å². The van der Waals surface area contributed by atoms with E-state index in [1.54, 1.807) is 6.07 Å². The van der Waals surface area contributed by atoms with E-state index in [9.17, 15) is 12.8 Å². The Morgan fingerprint density at radius 3 is 2.68 bits per heavy atom. The lowest BCUT2D eigenvalue weighted by Gasteiger charge is -2.29. The number of anilines is 1. The zero-order chi connectivity index (χ0) is 20.6. The minimum atomic E-state index is -2.99. The molecule has 1 atom stereocenters. The predicted molar refractivity (Wildman–Crippen MR) is 111 cm³/mol. The fraction of sp³-hybridized carbons (Fsp3) is 0.632. The molecule has 28 heavy (non-hydrogen) atoms. The molecular weight excluding hydrogens is 383 g/mol. The van der Waals surface area contributed by atoms with E-state index in [0.29, 0.717) is 57.5 Å². The summed E-state index contributed by atoms with van der Waals surface area (Å²) >= 11 is 0. The van der Waals surface area contributed by atoms with Gasteiger partial charge in [0.15, 0.2) is 5.96 Å². The minimum Gasteiger partial charge on any atom is -0.378 e. The number of morpholine rings is 1. The largest absolute Gasteiger partial charge is 0.378 e. The Morgan fingerprint density at radius 1 is 1.36 bits per heavy atom. The lowest BCUT2D eigenvalue weighted by atomic mass is 10.1. The van der Waals surface area contributed by atoms with E-state index >= 15 is 0 Å². The summed E-state index contributed by atoms with van der Waals surface area (Å²) in [5, 5.41) is 6.33. The van der Waals surface area contributed by atoms with Gasteiger partial charge in [-0.05, 0) is 38.0 Å². The number of hydrogen-bond acceptors (Lipinski definition) is 5. The van der Waals surface area contributed by atoms with Crippen LogP contribution in [0.25, 0.3) is 0 Å². The Labute approximate surface area is 167 Å². The first-order valence-electron chi connectivity index (χ1n) is 9.62. The Morgan fingerprint density at radius 2 is 2.07 bits per heavy atom. The van der Waals surface area contributed by atoms with E-state index < -0.39 is 9.84 Å². The second kappa shape index (κ2) is 10.6. The molecule has 1 saturated heterocycles. The summed E-state index contributed by atoms with van der Waals surface area (Å²) in [6.45, 7) is 7.47. The van der Waals surface area contributed by atoms with Crippen molar-refractivity contribution < 1.29 is 17.5 Å². The molecule has 0 aromatic heterocycles. The van der Waals surface area contributed by atoms with Crippen LogP contribution in [0.2, 0.25) is 0 Å². The van der Waals surface area contributed by atoms with Gasteiger partial charge in [-0.2, -0.15) is 0 Å². The molecule has 1 aromatic carbocycles. The number of sulfone groups is 1. The summed E-state index contributed by atoms with van der Waals surface area (Å²) in [5.41, 5.74) is 1.37. The summed E-state index contributed by atoms with van der Waals surface area (Å²) in [6.07, 6.45) is 1.72. The number of hydrogen-bond donors (Lipinski definition) is 2. The Balaban J connectivity index is 1.98. The number of nitrogens with one attached hydrogen (secondary N) is 2. The van der Waals surface area contributed by atoms with Crippen molar-refractivity contribution in [1.29, 1.82) is 0 Å². The van der Waals surface area contributed by atoms with Gasteiger partial charge in [0.1, 0.15) is 15.7 Å². The first-order chi connectivity index (χ1) is 13.3. The van der Waals surface area contributed by atoms with Crippen LogP contribution in [0.15, 0.2) is 23.2 Å². The molecule has 9 heteroatoms. The van der Waals surface area contributed by atoms with Crippen LogP contribution < -0.4 is 15.5 Å². The molecule has 2 rings (SSSR count). The van der Waals surface area contributed by atoms with Crippen LogP contribution >= 0.6 is 0 Å². The Kier molecular flexibility index (Phi) is 8.50. The molecule has 1 aliphatic rings. The molecule has 158 valence electrons. The van der Waals surface area contributed by atoms with Gasteiger partial charge < -0.3 is 20.3 Å². The first-order valence-corrected chi connectivity index (χ1v) is 11.7. The van der Waals surface area contributed by atoms with Crippen molar-refractivity contribution in [2.24, 2.45) is 4.99 Å². The zero-order valence-electron chi connectivity index (χ0n) is 16.9. The number of aliphatic imine (C=N–C) groups is 1. The molecule has 0 aliphatic carbocycles. The molecule has 0 bridgehead atoms. The molecule has 0 spiro atoms. The highest BCUT2D eigenvalue weighted by Crippen LogP contribution is 2.22. The second-order valence-electron chi connectivity index (χ2n) is 7.04. The van der Waals surface area contributed by atoms with E-state index in [1.165, 1.54) is 12.3 Å². The van der Waals surface area contributed by atoms with Crippen molar-refractivity contribution in [3.05, 3.63) is 29.6 Å². The Bertz CT molecular complexity index is 764. The van der Waals surface area contributed by atoms with Gasteiger partial charge >= 0.3 is 0 Å². The van der Waals surface area contributed by atoms with Gasteiger partial charge in [-0.25, -0.2) is 17.8 Å². The SMILES string of the molecule is CCNC(=NCc1ccc(N2CCOCC2)c(F)c1)NC(C)CCS(C)(=O)=O. The van der Waals surface area contributed by atoms with Gasteiger partial charge in [0, 0.05) is 31.9 Å². The summed E-state index contributed by atoms with van der Waals surface area (Å²) in [5.74, 6) is 0.449. The zero-order valence-corrected chi connectivity index (χ0v) is 17.7. The lowest BCUT2D eigenvalue weighted by Crippen LogP contribution is -2.42. The van der Waals surface area contributed by atoms with E-state index in [1.807, 2.05) is 24.8 Å². The second-order valence-corrected chi connectivity index (χ2v) is 9.30. The van der Waals surface area contributed by atoms with Crippen LogP contribution in [0.5, 0.6) is 0 Å². The summed E-state index contributed by atoms with van der Waals surface area (Å²) in [6, 6.07) is 5.15. The van der Waals surface area contributed by atoms with Crippen molar-refractivity contribution in [2.45, 2.75) is 32.9 Å². The molecule has 7 nitrogen and oxygen atoms in total. The van der Waals surface area contributed by atoms with Gasteiger partial charge in [-0.3, -0.25) is 0 Å². The molecule has 1 fully saturated rings. The maximum Gasteiger partial charge on any atom is 0.191 e. The highest BCUT2D eigenvalue weighted by atomic mass is 32.2. The molecule has 1 heterocycles. The lowest BCUT2D eigenvalue weighted by molar-refractivity contribution is 0.122. The number of halogens is 1. The van der Waals surface area contributed by atoms with E-state index in [0.717, 1.165) is 5.56 Å². The van der Waals surface area contributed by atoms with Crippen LogP contribution in [-0.4, -0.2) is 65.3 Å². The summed E-state index contributed by atoms with van der Waals surface area (Å²) in [7, 11) is -2.99. The number of benzene rings is 1. The molecule has 0 amide bonds. The normalized spacial score (nSPS) is 16.7. The van der Waals surface area contributed by atoms with Gasteiger partial charge in [0.05, 0.1) is 31.2 Å². The standard InChI is InChI=1S/C19H31FN4O3S/c1-4-21-19(23-15(2)7-12-28(3,25)26)22-14-16-5-6-18(17(20)13-16)24-8-10-27-11-9-24/h5-6,13,15H,4,7-12,14H2,1-3H3,(H2,21,22,23). The monoisotopic (exact) mass is 414 g/mol. The predicted octanol–water partition coefficient (Wildman–Crippen LogP) is 1.54. The third-order valence-electron chi connectivity index (χ3n) is 4.43. The Hall–Kier alpha value is -1.87. The first kappa shape index (κ1) is 22.4. The average Bonchev–Trinajstić information content (AvgIpc) is 2.65. The highest BCUT2D eigenvalue weighted by Gasteiger charge is 2.15. The van der Waals surface area contributed by atoms with Crippen LogP contribution in [0, 0.1) is 5.82 Å². The van der Waals surface area contributed by atoms with Gasteiger partial charge in [0.2, 0.25) is 0 Å². The van der Waals surface area contributed by atoms with Crippen LogP contribution in [0.1, 0.15) is 25.8 Å². The van der Waals surface area contributed by atoms with Crippen molar-refractivity contribution >= 4 is 21.5 Å². The maximum atomic E-state index is 14.5. The number of ether oxygens (including phenoxy) is 1. The molecule has 0 saturated carbocycles. The average molecular weight is 415 g/mol. The number of guanidine groups is 1. The molecular formula is C19H31FN4O3S. The highest BCUT2D eigenvalue weighted by molar-refractivity contribution is 7.90.